The van der Waals surface area contributed by atoms with Crippen LogP contribution < -0.4 is 14.4 Å². The lowest BCUT2D eigenvalue weighted by molar-refractivity contribution is -0.137. The second kappa shape index (κ2) is 12.1. The normalized spacial score (nSPS) is 14.0. The van der Waals surface area contributed by atoms with Crippen LogP contribution in [0.2, 0.25) is 5.02 Å². The molecule has 1 saturated heterocycles. The van der Waals surface area contributed by atoms with Gasteiger partial charge in [-0.2, -0.15) is 18.2 Å². The monoisotopic (exact) mass is 591 g/mol. The Kier molecular flexibility index (Phi) is 8.78. The number of halogens is 4. The number of aromatic carboxylic acids is 1. The SMILES string of the molecule is CN1CCN(c2nccc(Oc3cccc4cc(C(=O)O)n(C)c34)n2)CC1.COc1cc(Cl)c(C(F)(F)F)cc1[NH-]. The van der Waals surface area contributed by atoms with Gasteiger partial charge in [0.2, 0.25) is 11.8 Å². The standard InChI is InChI=1S/C19H21N5O3.C8H6ClF3NO/c1-22-8-10-24(11-9-22)19-20-7-6-16(21-19)27-15-5-3-4-13-12-14(18(25)26)23(2)17(13)15;1-14-7-3-5(9)4(2-6(7)13)8(10,11)12/h3-7,12H,8-11H2,1-2H3,(H,25,26);2-3,13H,1H3/q;-1. The Morgan fingerprint density at radius 3 is 2.41 bits per heavy atom. The Hall–Kier alpha value is -4.23. The maximum Gasteiger partial charge on any atom is 0.417 e. The van der Waals surface area contributed by atoms with Gasteiger partial charge in [-0.25, -0.2) is 9.78 Å². The fourth-order valence-electron chi connectivity index (χ4n) is 4.27. The molecule has 14 heteroatoms. The molecule has 4 aromatic rings. The lowest BCUT2D eigenvalue weighted by Crippen LogP contribution is -2.45. The topological polar surface area (TPSA) is 117 Å². The highest BCUT2D eigenvalue weighted by Crippen LogP contribution is 2.41. The Labute approximate surface area is 238 Å². The van der Waals surface area contributed by atoms with Crippen LogP contribution in [0.25, 0.3) is 16.6 Å². The molecule has 41 heavy (non-hydrogen) atoms. The third-order valence-electron chi connectivity index (χ3n) is 6.45. The van der Waals surface area contributed by atoms with E-state index in [0.29, 0.717) is 23.6 Å². The summed E-state index contributed by atoms with van der Waals surface area (Å²) in [6.07, 6.45) is -2.86. The number of rotatable bonds is 5. The van der Waals surface area contributed by atoms with Gasteiger partial charge >= 0.3 is 12.1 Å². The number of nitrogens with zero attached hydrogens (tertiary/aromatic N) is 5. The molecule has 0 bridgehead atoms. The first-order chi connectivity index (χ1) is 19.4. The maximum atomic E-state index is 12.3. The second-order valence-electron chi connectivity index (χ2n) is 9.21. The molecule has 0 unspecified atom stereocenters. The predicted molar refractivity (Wildman–Crippen MR) is 149 cm³/mol. The first kappa shape index (κ1) is 29.7. The summed E-state index contributed by atoms with van der Waals surface area (Å²) in [6.45, 7) is 3.68. The number of para-hydroxylation sites is 1. The Balaban J connectivity index is 0.000000234. The van der Waals surface area contributed by atoms with Crippen molar-refractivity contribution in [2.24, 2.45) is 7.05 Å². The number of nitrogens with one attached hydrogen (secondary N) is 1. The molecule has 0 spiro atoms. The minimum absolute atomic E-state index is 0.0167. The number of benzene rings is 2. The van der Waals surface area contributed by atoms with Crippen LogP contribution >= 0.6 is 11.6 Å². The minimum atomic E-state index is -4.54. The van der Waals surface area contributed by atoms with Gasteiger partial charge in [0.15, 0.2) is 5.75 Å². The summed E-state index contributed by atoms with van der Waals surface area (Å²) in [5, 5.41) is 9.69. The number of ether oxygens (including phenoxy) is 2. The van der Waals surface area contributed by atoms with E-state index in [-0.39, 0.29) is 17.1 Å². The molecule has 1 fully saturated rings. The highest BCUT2D eigenvalue weighted by Gasteiger charge is 2.33. The lowest BCUT2D eigenvalue weighted by Gasteiger charge is -2.32. The third-order valence-corrected chi connectivity index (χ3v) is 6.76. The van der Waals surface area contributed by atoms with Crippen molar-refractivity contribution in [1.29, 1.82) is 0 Å². The molecule has 0 radical (unpaired) electrons. The first-order valence-electron chi connectivity index (χ1n) is 12.3. The fraction of sp³-hybridized carbons (Fsp3) is 0.296. The summed E-state index contributed by atoms with van der Waals surface area (Å²) < 4.78 is 49.1. The van der Waals surface area contributed by atoms with E-state index >= 15 is 0 Å². The van der Waals surface area contributed by atoms with E-state index in [2.05, 4.69) is 31.6 Å². The van der Waals surface area contributed by atoms with Gasteiger partial charge in [0.1, 0.15) is 11.4 Å². The molecule has 218 valence electrons. The number of piperazine rings is 1. The zero-order valence-corrected chi connectivity index (χ0v) is 23.1. The Bertz CT molecular complexity index is 1550. The smallest absolute Gasteiger partial charge is 0.417 e. The van der Waals surface area contributed by atoms with E-state index in [1.165, 1.54) is 7.11 Å². The number of hydrogen-bond donors (Lipinski definition) is 1. The van der Waals surface area contributed by atoms with Crippen LogP contribution in [0.4, 0.5) is 24.8 Å². The van der Waals surface area contributed by atoms with Gasteiger partial charge in [-0.05, 0) is 25.2 Å². The molecule has 1 aliphatic heterocycles. The zero-order chi connectivity index (χ0) is 29.9. The number of fused-ring (bicyclic) bond motifs is 1. The number of anilines is 1. The number of methoxy groups -OCH3 is 1. The van der Waals surface area contributed by atoms with Crippen molar-refractivity contribution in [3.05, 3.63) is 70.7 Å². The molecule has 2 aromatic heterocycles. The number of alkyl halides is 3. The van der Waals surface area contributed by atoms with Crippen molar-refractivity contribution >= 4 is 40.1 Å². The van der Waals surface area contributed by atoms with Crippen LogP contribution in [-0.4, -0.2) is 70.8 Å². The van der Waals surface area contributed by atoms with Gasteiger partial charge in [-0.3, -0.25) is 0 Å². The maximum absolute atomic E-state index is 12.3. The Morgan fingerprint density at radius 2 is 1.78 bits per heavy atom. The van der Waals surface area contributed by atoms with Gasteiger partial charge in [-0.1, -0.05) is 35.5 Å². The Morgan fingerprint density at radius 1 is 1.07 bits per heavy atom. The summed E-state index contributed by atoms with van der Waals surface area (Å²) >= 11 is 5.38. The summed E-state index contributed by atoms with van der Waals surface area (Å²) in [6, 6.07) is 10.5. The third kappa shape index (κ3) is 6.74. The van der Waals surface area contributed by atoms with E-state index < -0.39 is 22.7 Å². The van der Waals surface area contributed by atoms with Gasteiger partial charge in [0.25, 0.3) is 0 Å². The number of carboxylic acid groups (broad SMARTS) is 1. The van der Waals surface area contributed by atoms with E-state index in [1.54, 1.807) is 29.9 Å². The van der Waals surface area contributed by atoms with Crippen LogP contribution in [-0.2, 0) is 13.2 Å². The lowest BCUT2D eigenvalue weighted by atomic mass is 10.2. The highest BCUT2D eigenvalue weighted by molar-refractivity contribution is 6.31. The summed E-state index contributed by atoms with van der Waals surface area (Å²) in [5.41, 5.74) is 6.77. The molecule has 1 aliphatic rings. The summed E-state index contributed by atoms with van der Waals surface area (Å²) in [7, 11) is 5.08. The van der Waals surface area contributed by atoms with Crippen LogP contribution in [0, 0.1) is 0 Å². The van der Waals surface area contributed by atoms with E-state index in [0.717, 1.165) is 43.1 Å². The van der Waals surface area contributed by atoms with E-state index in [4.69, 9.17) is 22.1 Å². The number of likely N-dealkylation sites (N-methyl/N-ethyl adjacent to an activating group) is 1. The minimum Gasteiger partial charge on any atom is -0.696 e. The van der Waals surface area contributed by atoms with Crippen molar-refractivity contribution in [1.82, 2.24) is 19.4 Å². The number of carboxylic acids is 1. The first-order valence-corrected chi connectivity index (χ1v) is 12.7. The van der Waals surface area contributed by atoms with Crippen LogP contribution in [0.3, 0.4) is 0 Å². The van der Waals surface area contributed by atoms with E-state index in [1.807, 2.05) is 18.2 Å². The average molecular weight is 592 g/mol. The highest BCUT2D eigenvalue weighted by atomic mass is 35.5. The number of carbonyl (C=O) groups is 1. The molecule has 0 aliphatic carbocycles. The molecule has 10 nitrogen and oxygen atoms in total. The fourth-order valence-corrected chi connectivity index (χ4v) is 4.53. The van der Waals surface area contributed by atoms with Gasteiger partial charge < -0.3 is 34.7 Å². The molecular weight excluding hydrogens is 565 g/mol. The van der Waals surface area contributed by atoms with Gasteiger partial charge in [0, 0.05) is 50.9 Å². The molecule has 3 heterocycles. The van der Waals surface area contributed by atoms with Crippen molar-refractivity contribution < 1.29 is 32.5 Å². The largest absolute Gasteiger partial charge is 0.696 e. The average Bonchev–Trinajstić information content (AvgIpc) is 3.27. The van der Waals surface area contributed by atoms with Crippen molar-refractivity contribution in [3.8, 4) is 17.4 Å². The van der Waals surface area contributed by atoms with E-state index in [9.17, 15) is 23.1 Å². The molecule has 0 saturated carbocycles. The quantitative estimate of drug-likeness (QED) is 0.289. The molecule has 2 aromatic carbocycles. The summed E-state index contributed by atoms with van der Waals surface area (Å²) in [4.78, 5) is 24.7. The van der Waals surface area contributed by atoms with Crippen LogP contribution in [0.15, 0.2) is 48.7 Å². The second-order valence-corrected chi connectivity index (χ2v) is 9.61. The van der Waals surface area contributed by atoms with Crippen LogP contribution in [0.1, 0.15) is 16.1 Å². The molecule has 0 atom stereocenters. The predicted octanol–water partition coefficient (Wildman–Crippen LogP) is 6.26. The van der Waals surface area contributed by atoms with Gasteiger partial charge in [0.05, 0.1) is 23.2 Å². The van der Waals surface area contributed by atoms with Crippen molar-refractivity contribution in [2.45, 2.75) is 6.18 Å². The number of hydrogen-bond acceptors (Lipinski definition) is 7. The van der Waals surface area contributed by atoms with Crippen molar-refractivity contribution in [3.63, 3.8) is 0 Å². The van der Waals surface area contributed by atoms with Crippen molar-refractivity contribution in [2.75, 3.05) is 45.2 Å². The summed E-state index contributed by atoms with van der Waals surface area (Å²) in [5.74, 6) is 0.683. The number of aromatic nitrogens is 3. The molecule has 0 amide bonds. The van der Waals surface area contributed by atoms with Gasteiger partial charge in [-0.15, -0.1) is 0 Å². The number of aryl methyl sites for hydroxylation is 1. The molecular formula is C27H27ClF3N6O4-. The van der Waals surface area contributed by atoms with Crippen LogP contribution in [0.5, 0.6) is 17.4 Å². The molecule has 5 rings (SSSR count). The molecule has 2 N–H and O–H groups in total. The zero-order valence-electron chi connectivity index (χ0n) is 22.4.